The Balaban J connectivity index is 2.90. The lowest BCUT2D eigenvalue weighted by atomic mass is 10.1. The molecule has 1 aromatic rings. The first kappa shape index (κ1) is 18.1. The van der Waals surface area contributed by atoms with Crippen LogP contribution in [0.15, 0.2) is 17.0 Å². The van der Waals surface area contributed by atoms with Gasteiger partial charge < -0.3 is 10.0 Å². The highest BCUT2D eigenvalue weighted by molar-refractivity contribution is 7.89. The average molecular weight is 314 g/mol. The number of aryl methyl sites for hydroxylation is 1. The van der Waals surface area contributed by atoms with Crippen LogP contribution in [0.5, 0.6) is 0 Å². The molecule has 21 heavy (non-hydrogen) atoms. The average Bonchev–Trinajstić information content (AvgIpc) is 2.46. The molecule has 0 spiro atoms. The second-order valence-corrected chi connectivity index (χ2v) is 6.85. The van der Waals surface area contributed by atoms with Crippen LogP contribution < -0.4 is 4.72 Å². The van der Waals surface area contributed by atoms with Crippen LogP contribution in [-0.2, 0) is 16.6 Å². The molecule has 1 aromatic carbocycles. The first-order valence-electron chi connectivity index (χ1n) is 7.28. The third kappa shape index (κ3) is 4.78. The summed E-state index contributed by atoms with van der Waals surface area (Å²) in [4.78, 5) is 2.41. The Kier molecular flexibility index (Phi) is 6.80. The standard InChI is InChI=1S/C15H26N2O3S/c1-5-17(6-2)8-7-16-21(19,20)15-10-14(11-18)9-12(3)13(15)4/h9-10,16,18H,5-8,11H2,1-4H3. The van der Waals surface area contributed by atoms with E-state index in [2.05, 4.69) is 23.5 Å². The Hall–Kier alpha value is -0.950. The summed E-state index contributed by atoms with van der Waals surface area (Å²) in [7, 11) is -3.55. The van der Waals surface area contributed by atoms with E-state index in [1.165, 1.54) is 0 Å². The van der Waals surface area contributed by atoms with Gasteiger partial charge in [0.1, 0.15) is 0 Å². The molecule has 0 bridgehead atoms. The Morgan fingerprint density at radius 3 is 2.33 bits per heavy atom. The highest BCUT2D eigenvalue weighted by Crippen LogP contribution is 2.21. The summed E-state index contributed by atoms with van der Waals surface area (Å²) < 4.78 is 27.5. The van der Waals surface area contributed by atoms with E-state index < -0.39 is 10.0 Å². The molecule has 0 amide bonds. The summed E-state index contributed by atoms with van der Waals surface area (Å²) in [6.07, 6.45) is 0. The van der Waals surface area contributed by atoms with Crippen molar-refractivity contribution in [2.45, 2.75) is 39.2 Å². The first-order valence-corrected chi connectivity index (χ1v) is 8.77. The molecule has 0 saturated heterocycles. The molecule has 0 unspecified atom stereocenters. The third-order valence-corrected chi connectivity index (χ3v) is 5.35. The van der Waals surface area contributed by atoms with Crippen LogP contribution in [0, 0.1) is 13.8 Å². The van der Waals surface area contributed by atoms with Crippen molar-refractivity contribution in [2.75, 3.05) is 26.2 Å². The molecule has 0 radical (unpaired) electrons. The second-order valence-electron chi connectivity index (χ2n) is 5.12. The van der Waals surface area contributed by atoms with Gasteiger partial charge in [-0.2, -0.15) is 0 Å². The van der Waals surface area contributed by atoms with Gasteiger partial charge in [0.25, 0.3) is 0 Å². The summed E-state index contributed by atoms with van der Waals surface area (Å²) in [6.45, 7) is 10.4. The number of benzene rings is 1. The molecule has 0 aliphatic carbocycles. The van der Waals surface area contributed by atoms with Crippen LogP contribution in [0.25, 0.3) is 0 Å². The van der Waals surface area contributed by atoms with E-state index in [9.17, 15) is 13.5 Å². The fourth-order valence-electron chi connectivity index (χ4n) is 2.23. The van der Waals surface area contributed by atoms with Crippen LogP contribution in [0.2, 0.25) is 0 Å². The van der Waals surface area contributed by atoms with Gasteiger partial charge in [-0.25, -0.2) is 13.1 Å². The predicted octanol–water partition coefficient (Wildman–Crippen LogP) is 1.42. The molecule has 2 N–H and O–H groups in total. The van der Waals surface area contributed by atoms with Crippen molar-refractivity contribution < 1.29 is 13.5 Å². The Morgan fingerprint density at radius 2 is 1.81 bits per heavy atom. The molecular formula is C15H26N2O3S. The minimum atomic E-state index is -3.55. The summed E-state index contributed by atoms with van der Waals surface area (Å²) >= 11 is 0. The number of hydrogen-bond donors (Lipinski definition) is 2. The van der Waals surface area contributed by atoms with Crippen LogP contribution in [-0.4, -0.2) is 44.6 Å². The molecule has 0 fully saturated rings. The summed E-state index contributed by atoms with van der Waals surface area (Å²) in [5, 5.41) is 9.23. The SMILES string of the molecule is CCN(CC)CCNS(=O)(=O)c1cc(CO)cc(C)c1C. The maximum Gasteiger partial charge on any atom is 0.240 e. The number of rotatable bonds is 8. The third-order valence-electron chi connectivity index (χ3n) is 3.77. The predicted molar refractivity (Wildman–Crippen MR) is 84.8 cm³/mol. The largest absolute Gasteiger partial charge is 0.392 e. The maximum atomic E-state index is 12.4. The van der Waals surface area contributed by atoms with Crippen LogP contribution in [0.3, 0.4) is 0 Å². The lowest BCUT2D eigenvalue weighted by molar-refractivity contribution is 0.281. The quantitative estimate of drug-likeness (QED) is 0.761. The Bertz CT molecular complexity index is 567. The van der Waals surface area contributed by atoms with Crippen molar-refractivity contribution in [3.8, 4) is 0 Å². The highest BCUT2D eigenvalue weighted by atomic mass is 32.2. The van der Waals surface area contributed by atoms with Gasteiger partial charge in [-0.15, -0.1) is 0 Å². The van der Waals surface area contributed by atoms with Gasteiger partial charge in [0.2, 0.25) is 10.0 Å². The van der Waals surface area contributed by atoms with Crippen molar-refractivity contribution >= 4 is 10.0 Å². The van der Waals surface area contributed by atoms with Crippen molar-refractivity contribution in [1.82, 2.24) is 9.62 Å². The molecule has 0 atom stereocenters. The molecule has 0 aromatic heterocycles. The number of nitrogens with one attached hydrogen (secondary N) is 1. The summed E-state index contributed by atoms with van der Waals surface area (Å²) in [5.74, 6) is 0. The van der Waals surface area contributed by atoms with E-state index in [0.717, 1.165) is 24.2 Å². The van der Waals surface area contributed by atoms with E-state index in [1.807, 2.05) is 13.0 Å². The molecule has 120 valence electrons. The fourth-order valence-corrected chi connectivity index (χ4v) is 3.61. The number of aliphatic hydroxyl groups excluding tert-OH is 1. The lowest BCUT2D eigenvalue weighted by Gasteiger charge is -2.18. The van der Waals surface area contributed by atoms with Gasteiger partial charge >= 0.3 is 0 Å². The zero-order valence-corrected chi connectivity index (χ0v) is 14.1. The molecule has 0 saturated carbocycles. The van der Waals surface area contributed by atoms with E-state index in [-0.39, 0.29) is 11.5 Å². The molecular weight excluding hydrogens is 288 g/mol. The van der Waals surface area contributed by atoms with E-state index in [4.69, 9.17) is 0 Å². The summed E-state index contributed by atoms with van der Waals surface area (Å²) in [5.41, 5.74) is 2.20. The number of sulfonamides is 1. The van der Waals surface area contributed by atoms with E-state index in [0.29, 0.717) is 18.7 Å². The summed E-state index contributed by atoms with van der Waals surface area (Å²) in [6, 6.07) is 3.35. The van der Waals surface area contributed by atoms with Gasteiger partial charge in [0.15, 0.2) is 0 Å². The monoisotopic (exact) mass is 314 g/mol. The van der Waals surface area contributed by atoms with Gasteiger partial charge in [-0.1, -0.05) is 19.9 Å². The Labute approximate surface area is 128 Å². The van der Waals surface area contributed by atoms with Crippen molar-refractivity contribution in [3.05, 3.63) is 28.8 Å². The van der Waals surface area contributed by atoms with Crippen molar-refractivity contribution in [1.29, 1.82) is 0 Å². The minimum absolute atomic E-state index is 0.164. The molecule has 0 heterocycles. The molecule has 5 nitrogen and oxygen atoms in total. The van der Waals surface area contributed by atoms with Crippen molar-refractivity contribution in [2.24, 2.45) is 0 Å². The fraction of sp³-hybridized carbons (Fsp3) is 0.600. The van der Waals surface area contributed by atoms with Crippen LogP contribution >= 0.6 is 0 Å². The molecule has 0 aliphatic rings. The topological polar surface area (TPSA) is 69.6 Å². The number of hydrogen-bond acceptors (Lipinski definition) is 4. The number of likely N-dealkylation sites (N-methyl/N-ethyl adjacent to an activating group) is 1. The van der Waals surface area contributed by atoms with E-state index >= 15 is 0 Å². The molecule has 1 rings (SSSR count). The molecule has 6 heteroatoms. The van der Waals surface area contributed by atoms with Gasteiger partial charge in [0, 0.05) is 13.1 Å². The minimum Gasteiger partial charge on any atom is -0.392 e. The smallest absolute Gasteiger partial charge is 0.240 e. The van der Waals surface area contributed by atoms with E-state index in [1.54, 1.807) is 13.0 Å². The van der Waals surface area contributed by atoms with Crippen molar-refractivity contribution in [3.63, 3.8) is 0 Å². The lowest BCUT2D eigenvalue weighted by Crippen LogP contribution is -2.35. The van der Waals surface area contributed by atoms with Crippen LogP contribution in [0.1, 0.15) is 30.5 Å². The maximum absolute atomic E-state index is 12.4. The molecule has 0 aliphatic heterocycles. The number of aliphatic hydroxyl groups is 1. The Morgan fingerprint density at radius 1 is 1.19 bits per heavy atom. The highest BCUT2D eigenvalue weighted by Gasteiger charge is 2.18. The van der Waals surface area contributed by atoms with Gasteiger partial charge in [-0.3, -0.25) is 0 Å². The zero-order valence-electron chi connectivity index (χ0n) is 13.3. The first-order chi connectivity index (χ1) is 9.85. The van der Waals surface area contributed by atoms with Gasteiger partial charge in [-0.05, 0) is 49.7 Å². The zero-order chi connectivity index (χ0) is 16.0. The normalized spacial score (nSPS) is 12.1. The van der Waals surface area contributed by atoms with Crippen LogP contribution in [0.4, 0.5) is 0 Å². The van der Waals surface area contributed by atoms with Gasteiger partial charge in [0.05, 0.1) is 11.5 Å². The second kappa shape index (κ2) is 7.89. The number of nitrogens with zero attached hydrogens (tertiary/aromatic N) is 1.